The number of nitrogens with one attached hydrogen (secondary N) is 1. The normalized spacial score (nSPS) is 16.4. The summed E-state index contributed by atoms with van der Waals surface area (Å²) in [5.74, 6) is -0.316. The van der Waals surface area contributed by atoms with E-state index in [2.05, 4.69) is 5.32 Å². The van der Waals surface area contributed by atoms with Gasteiger partial charge in [-0.3, -0.25) is 15.0 Å². The van der Waals surface area contributed by atoms with Gasteiger partial charge in [-0.2, -0.15) is 5.06 Å². The number of halogens is 3. The quantitative estimate of drug-likeness (QED) is 0.360. The van der Waals surface area contributed by atoms with E-state index in [0.29, 0.717) is 41.1 Å². The Morgan fingerprint density at radius 3 is 2.43 bits per heavy atom. The number of alkyl halides is 2. The number of carbonyl (C=O) groups excluding carboxylic acids is 2. The molecular weight excluding hydrogens is 583 g/mol. The van der Waals surface area contributed by atoms with Crippen molar-refractivity contribution < 1.29 is 61.0 Å². The number of benzene rings is 2. The topological polar surface area (TPSA) is 96.2 Å². The van der Waals surface area contributed by atoms with Gasteiger partial charge in [0, 0.05) is 71.0 Å². The van der Waals surface area contributed by atoms with E-state index in [4.69, 9.17) is 21.7 Å². The van der Waals surface area contributed by atoms with Gasteiger partial charge in [0.1, 0.15) is 0 Å². The predicted molar refractivity (Wildman–Crippen MR) is 134 cm³/mol. The van der Waals surface area contributed by atoms with Crippen LogP contribution in [0, 0.1) is 0 Å². The van der Waals surface area contributed by atoms with E-state index < -0.39 is 24.5 Å². The Morgan fingerprint density at radius 1 is 1.19 bits per heavy atom. The van der Waals surface area contributed by atoms with Crippen molar-refractivity contribution in [3.8, 4) is 11.1 Å². The molecule has 0 unspecified atom stereocenters. The summed E-state index contributed by atoms with van der Waals surface area (Å²) in [6, 6.07) is 12.2. The molecule has 199 valence electrons. The number of hydroxylamine groups is 2. The van der Waals surface area contributed by atoms with Gasteiger partial charge >= 0.3 is 6.03 Å². The first-order chi connectivity index (χ1) is 17.3. The van der Waals surface area contributed by atoms with E-state index in [0.717, 1.165) is 11.1 Å². The number of ether oxygens (including phenoxy) is 1. The molecule has 0 spiro atoms. The van der Waals surface area contributed by atoms with Crippen LogP contribution in [0.4, 0.5) is 25.0 Å². The van der Waals surface area contributed by atoms with Crippen molar-refractivity contribution in [2.75, 3.05) is 37.7 Å². The SMILES string of the molecule is CC.O=C1CCN(c2cccc(-c3ccc([N-]C4(CCN(O)CC(F)F)COC4)cc3)c2Cl)C(=O)N1.[Y]. The van der Waals surface area contributed by atoms with Crippen molar-refractivity contribution >= 4 is 34.9 Å². The number of amides is 3. The summed E-state index contributed by atoms with van der Waals surface area (Å²) in [7, 11) is 0. The molecule has 0 bridgehead atoms. The van der Waals surface area contributed by atoms with E-state index in [1.54, 1.807) is 12.1 Å². The van der Waals surface area contributed by atoms with Crippen LogP contribution < -0.4 is 10.2 Å². The van der Waals surface area contributed by atoms with Gasteiger partial charge in [-0.25, -0.2) is 13.6 Å². The average molecular weight is 613 g/mol. The smallest absolute Gasteiger partial charge is 0.328 e. The van der Waals surface area contributed by atoms with Crippen LogP contribution in [0.15, 0.2) is 42.5 Å². The maximum Gasteiger partial charge on any atom is 0.328 e. The first kappa shape index (κ1) is 31.5. The minimum atomic E-state index is -2.61. The standard InChI is InChI=1S/C23H24ClF2N4O4.C2H6.Y/c24-21-17(2-1-3-18(21)30-10-8-20(31)27-22(30)32)15-4-6-16(7-5-15)28-23(13-34-14-23)9-11-29(33)12-19(25)26;1-2;/h1-7,19,33H,8-14H2,(H,27,31,32);1-2H3;/q-1;;. The number of hydrogen-bond donors (Lipinski definition) is 2. The molecule has 2 aliphatic heterocycles. The summed E-state index contributed by atoms with van der Waals surface area (Å²) in [6.45, 7) is 4.31. The fraction of sp³-hybridized carbons (Fsp3) is 0.440. The number of rotatable bonds is 9. The fourth-order valence-corrected chi connectivity index (χ4v) is 4.26. The summed E-state index contributed by atoms with van der Waals surface area (Å²) in [4.78, 5) is 25.1. The Kier molecular flexibility index (Phi) is 12.3. The zero-order chi connectivity index (χ0) is 26.3. The monoisotopic (exact) mass is 612 g/mol. The van der Waals surface area contributed by atoms with Gasteiger partial charge in [0.25, 0.3) is 6.43 Å². The molecule has 0 saturated carbocycles. The van der Waals surface area contributed by atoms with E-state index in [9.17, 15) is 23.6 Å². The van der Waals surface area contributed by atoms with Crippen LogP contribution in [0.1, 0.15) is 26.7 Å². The molecule has 8 nitrogen and oxygen atoms in total. The second kappa shape index (κ2) is 14.5. The summed E-state index contributed by atoms with van der Waals surface area (Å²) < 4.78 is 30.1. The molecule has 37 heavy (non-hydrogen) atoms. The fourth-order valence-electron chi connectivity index (χ4n) is 3.92. The molecule has 2 N–H and O–H groups in total. The number of imide groups is 1. The maximum atomic E-state index is 12.4. The first-order valence-electron chi connectivity index (χ1n) is 11.8. The van der Waals surface area contributed by atoms with Gasteiger partial charge in [0.2, 0.25) is 5.91 Å². The van der Waals surface area contributed by atoms with Crippen LogP contribution in [-0.4, -0.2) is 67.0 Å². The Hall–Kier alpha value is -1.69. The molecule has 1 radical (unpaired) electrons. The number of nitrogens with zero attached hydrogens (tertiary/aromatic N) is 3. The van der Waals surface area contributed by atoms with Crippen molar-refractivity contribution in [3.63, 3.8) is 0 Å². The molecule has 2 fully saturated rings. The van der Waals surface area contributed by atoms with E-state index in [-0.39, 0.29) is 58.1 Å². The van der Waals surface area contributed by atoms with Gasteiger partial charge in [-0.05, 0) is 18.1 Å². The number of carbonyl (C=O) groups is 2. The minimum Gasteiger partial charge on any atom is -0.675 e. The second-order valence-corrected chi connectivity index (χ2v) is 8.70. The first-order valence-corrected chi connectivity index (χ1v) is 12.2. The molecule has 0 aliphatic carbocycles. The number of anilines is 1. The van der Waals surface area contributed by atoms with Crippen molar-refractivity contribution in [2.24, 2.45) is 0 Å². The van der Waals surface area contributed by atoms with Crippen LogP contribution in [0.2, 0.25) is 5.02 Å². The van der Waals surface area contributed by atoms with Gasteiger partial charge in [0.05, 0.1) is 17.3 Å². The maximum absolute atomic E-state index is 12.4. The third-order valence-corrected chi connectivity index (χ3v) is 6.19. The van der Waals surface area contributed by atoms with Crippen LogP contribution in [0.3, 0.4) is 0 Å². The van der Waals surface area contributed by atoms with Crippen molar-refractivity contribution in [3.05, 3.63) is 52.8 Å². The van der Waals surface area contributed by atoms with Crippen LogP contribution in [0.5, 0.6) is 0 Å². The second-order valence-electron chi connectivity index (χ2n) is 8.32. The van der Waals surface area contributed by atoms with Gasteiger partial charge in [-0.15, -0.1) is 5.69 Å². The molecule has 0 aromatic heterocycles. The van der Waals surface area contributed by atoms with Crippen molar-refractivity contribution in [2.45, 2.75) is 38.7 Å². The van der Waals surface area contributed by atoms with Crippen molar-refractivity contribution in [1.29, 1.82) is 0 Å². The Balaban J connectivity index is 0.00000157. The number of urea groups is 1. The Labute approximate surface area is 245 Å². The molecule has 2 aromatic rings. The summed E-state index contributed by atoms with van der Waals surface area (Å²) in [5.41, 5.74) is 2.17. The summed E-state index contributed by atoms with van der Waals surface area (Å²) in [6.07, 6.45) is -2.03. The number of hydrogen-bond acceptors (Lipinski definition) is 5. The minimum absolute atomic E-state index is 0. The molecule has 2 saturated heterocycles. The summed E-state index contributed by atoms with van der Waals surface area (Å²) in [5, 5.41) is 17.6. The van der Waals surface area contributed by atoms with Gasteiger partial charge < -0.3 is 15.3 Å². The molecular formula is C25H30ClF2N4O4Y-. The molecule has 3 amide bonds. The van der Waals surface area contributed by atoms with E-state index in [1.165, 1.54) is 4.90 Å². The molecule has 12 heteroatoms. The van der Waals surface area contributed by atoms with Crippen molar-refractivity contribution in [1.82, 2.24) is 10.4 Å². The van der Waals surface area contributed by atoms with E-state index in [1.807, 2.05) is 44.2 Å². The molecule has 4 rings (SSSR count). The van der Waals surface area contributed by atoms with Crippen LogP contribution in [-0.2, 0) is 42.2 Å². The molecule has 2 heterocycles. The molecule has 0 atom stereocenters. The molecule has 2 aromatic carbocycles. The van der Waals surface area contributed by atoms with E-state index >= 15 is 0 Å². The Morgan fingerprint density at radius 2 is 1.86 bits per heavy atom. The zero-order valence-corrected chi connectivity index (χ0v) is 24.4. The largest absolute Gasteiger partial charge is 0.675 e. The molecule has 2 aliphatic rings. The van der Waals surface area contributed by atoms with Gasteiger partial charge in [0.15, 0.2) is 0 Å². The van der Waals surface area contributed by atoms with Gasteiger partial charge in [-0.1, -0.05) is 67.4 Å². The van der Waals surface area contributed by atoms with Crippen LogP contribution in [0.25, 0.3) is 16.4 Å². The Bertz CT molecular complexity index is 1060. The van der Waals surface area contributed by atoms with Crippen LogP contribution >= 0.6 is 11.6 Å². The average Bonchev–Trinajstić information content (AvgIpc) is 2.83. The third kappa shape index (κ3) is 8.15. The predicted octanol–water partition coefficient (Wildman–Crippen LogP) is 5.60. The third-order valence-electron chi connectivity index (χ3n) is 5.79. The summed E-state index contributed by atoms with van der Waals surface area (Å²) >= 11 is 6.63. The zero-order valence-electron chi connectivity index (χ0n) is 20.8.